The molecular formula is C6H8N2OS. The van der Waals surface area contributed by atoms with Gasteiger partial charge in [0.15, 0.2) is 5.01 Å². The van der Waals surface area contributed by atoms with E-state index in [2.05, 4.69) is 9.72 Å². The summed E-state index contributed by atoms with van der Waals surface area (Å²) in [6.07, 6.45) is 0. The quantitative estimate of drug-likeness (QED) is 0.493. The van der Waals surface area contributed by atoms with Crippen LogP contribution in [0, 0.1) is 12.3 Å². The molecule has 1 aromatic heterocycles. The summed E-state index contributed by atoms with van der Waals surface area (Å²) in [7, 11) is 1.47. The van der Waals surface area contributed by atoms with Crippen LogP contribution in [0.25, 0.3) is 0 Å². The van der Waals surface area contributed by atoms with Crippen LogP contribution in [0.3, 0.4) is 0 Å². The number of ether oxygens (including phenoxy) is 1. The molecule has 0 fully saturated rings. The summed E-state index contributed by atoms with van der Waals surface area (Å²) in [5.41, 5.74) is 0.932. The Bertz CT molecular complexity index is 244. The minimum absolute atomic E-state index is 0.137. The average Bonchev–Trinajstić information content (AvgIpc) is 2.34. The largest absolute Gasteiger partial charge is 0.479 e. The highest BCUT2D eigenvalue weighted by Gasteiger charge is 2.03. The van der Waals surface area contributed by atoms with Gasteiger partial charge in [0.25, 0.3) is 0 Å². The lowest BCUT2D eigenvalue weighted by atomic mass is 10.6. The molecule has 0 unspecified atom stereocenters. The van der Waals surface area contributed by atoms with E-state index in [1.165, 1.54) is 18.4 Å². The number of thiazole rings is 1. The maximum absolute atomic E-state index is 7.22. The molecule has 0 saturated carbocycles. The van der Waals surface area contributed by atoms with E-state index < -0.39 is 0 Å². The Morgan fingerprint density at radius 2 is 2.50 bits per heavy atom. The second-order valence-electron chi connectivity index (χ2n) is 1.83. The number of nitrogens with one attached hydrogen (secondary N) is 1. The maximum Gasteiger partial charge on any atom is 0.242 e. The van der Waals surface area contributed by atoms with Gasteiger partial charge < -0.3 is 4.74 Å². The minimum atomic E-state index is 0.137. The Morgan fingerprint density at radius 1 is 1.80 bits per heavy atom. The monoisotopic (exact) mass is 156 g/mol. The molecule has 0 amide bonds. The van der Waals surface area contributed by atoms with Crippen molar-refractivity contribution in [2.24, 2.45) is 0 Å². The number of hydrogen-bond acceptors (Lipinski definition) is 4. The lowest BCUT2D eigenvalue weighted by Crippen LogP contribution is -1.99. The fraction of sp³-hybridized carbons (Fsp3) is 0.333. The van der Waals surface area contributed by atoms with Crippen molar-refractivity contribution in [2.45, 2.75) is 6.92 Å². The first-order chi connectivity index (χ1) is 4.74. The minimum Gasteiger partial charge on any atom is -0.479 e. The number of methoxy groups -OCH3 is 1. The SMILES string of the molecule is COC(=N)c1nc(C)cs1. The topological polar surface area (TPSA) is 46.0 Å². The van der Waals surface area contributed by atoms with Crippen molar-refractivity contribution in [3.8, 4) is 0 Å². The van der Waals surface area contributed by atoms with Crippen molar-refractivity contribution < 1.29 is 4.74 Å². The molecule has 1 N–H and O–H groups in total. The van der Waals surface area contributed by atoms with E-state index in [0.717, 1.165) is 5.69 Å². The summed E-state index contributed by atoms with van der Waals surface area (Å²) in [4.78, 5) is 4.05. The number of aromatic nitrogens is 1. The van der Waals surface area contributed by atoms with Crippen LogP contribution >= 0.6 is 11.3 Å². The molecule has 54 valence electrons. The van der Waals surface area contributed by atoms with Crippen LogP contribution in [0.4, 0.5) is 0 Å². The van der Waals surface area contributed by atoms with Crippen LogP contribution in [-0.2, 0) is 4.74 Å². The van der Waals surface area contributed by atoms with E-state index in [9.17, 15) is 0 Å². The molecule has 4 heteroatoms. The van der Waals surface area contributed by atoms with Crippen molar-refractivity contribution >= 4 is 17.2 Å². The summed E-state index contributed by atoms with van der Waals surface area (Å²) in [5, 5.41) is 9.75. The van der Waals surface area contributed by atoms with Crippen molar-refractivity contribution in [1.82, 2.24) is 4.98 Å². The fourth-order valence-corrected chi connectivity index (χ4v) is 1.27. The second-order valence-corrected chi connectivity index (χ2v) is 2.69. The molecule has 1 rings (SSSR count). The van der Waals surface area contributed by atoms with Gasteiger partial charge in [-0.3, -0.25) is 5.41 Å². The van der Waals surface area contributed by atoms with Crippen LogP contribution in [0.15, 0.2) is 5.38 Å². The molecule has 3 nitrogen and oxygen atoms in total. The van der Waals surface area contributed by atoms with Gasteiger partial charge >= 0.3 is 0 Å². The van der Waals surface area contributed by atoms with E-state index in [0.29, 0.717) is 5.01 Å². The Kier molecular flexibility index (Phi) is 2.01. The number of hydrogen-bond donors (Lipinski definition) is 1. The summed E-state index contributed by atoms with van der Waals surface area (Å²) in [6, 6.07) is 0. The third-order valence-corrected chi connectivity index (χ3v) is 1.98. The first kappa shape index (κ1) is 7.21. The van der Waals surface area contributed by atoms with E-state index in [4.69, 9.17) is 5.41 Å². The Labute approximate surface area is 63.2 Å². The zero-order valence-electron chi connectivity index (χ0n) is 5.84. The van der Waals surface area contributed by atoms with E-state index >= 15 is 0 Å². The van der Waals surface area contributed by atoms with Crippen molar-refractivity contribution in [2.75, 3.05) is 7.11 Å². The van der Waals surface area contributed by atoms with Crippen LogP contribution in [-0.4, -0.2) is 18.0 Å². The van der Waals surface area contributed by atoms with Gasteiger partial charge in [0, 0.05) is 11.1 Å². The fourth-order valence-electron chi connectivity index (χ4n) is 0.546. The predicted molar refractivity (Wildman–Crippen MR) is 40.7 cm³/mol. The first-order valence-corrected chi connectivity index (χ1v) is 3.67. The molecule has 0 atom stereocenters. The van der Waals surface area contributed by atoms with Gasteiger partial charge in [-0.2, -0.15) is 0 Å². The van der Waals surface area contributed by atoms with Crippen LogP contribution in [0.2, 0.25) is 0 Å². The molecule has 0 bridgehead atoms. The maximum atomic E-state index is 7.22. The van der Waals surface area contributed by atoms with Gasteiger partial charge in [-0.1, -0.05) is 0 Å². The predicted octanol–water partition coefficient (Wildman–Crippen LogP) is 1.42. The van der Waals surface area contributed by atoms with Gasteiger partial charge in [-0.25, -0.2) is 4.98 Å². The summed E-state index contributed by atoms with van der Waals surface area (Å²) in [5.74, 6) is 0.137. The first-order valence-electron chi connectivity index (χ1n) is 2.79. The lowest BCUT2D eigenvalue weighted by Gasteiger charge is -1.93. The molecular weight excluding hydrogens is 148 g/mol. The number of rotatable bonds is 1. The third kappa shape index (κ3) is 1.33. The molecule has 0 radical (unpaired) electrons. The van der Waals surface area contributed by atoms with E-state index in [1.54, 1.807) is 0 Å². The highest BCUT2D eigenvalue weighted by Crippen LogP contribution is 2.08. The molecule has 0 aliphatic heterocycles. The van der Waals surface area contributed by atoms with Crippen LogP contribution < -0.4 is 0 Å². The molecule has 1 aromatic rings. The zero-order chi connectivity index (χ0) is 7.56. The van der Waals surface area contributed by atoms with E-state index in [-0.39, 0.29) is 5.90 Å². The highest BCUT2D eigenvalue weighted by atomic mass is 32.1. The van der Waals surface area contributed by atoms with Crippen LogP contribution in [0.5, 0.6) is 0 Å². The molecule has 0 spiro atoms. The highest BCUT2D eigenvalue weighted by molar-refractivity contribution is 7.11. The molecule has 1 heterocycles. The summed E-state index contributed by atoms with van der Waals surface area (Å²) >= 11 is 1.42. The number of nitrogens with zero attached hydrogens (tertiary/aromatic N) is 1. The van der Waals surface area contributed by atoms with Crippen molar-refractivity contribution in [1.29, 1.82) is 5.41 Å². The molecule has 0 aliphatic carbocycles. The molecule has 0 aromatic carbocycles. The molecule has 0 aliphatic rings. The Balaban J connectivity index is 2.85. The normalized spacial score (nSPS) is 9.40. The molecule has 0 saturated heterocycles. The van der Waals surface area contributed by atoms with Gasteiger partial charge in [-0.05, 0) is 6.92 Å². The number of aryl methyl sites for hydroxylation is 1. The molecule has 10 heavy (non-hydrogen) atoms. The summed E-state index contributed by atoms with van der Waals surface area (Å²) < 4.78 is 4.68. The standard InChI is InChI=1S/C6H8N2OS/c1-4-3-10-6(8-4)5(7)9-2/h3,7H,1-2H3. The van der Waals surface area contributed by atoms with Crippen molar-refractivity contribution in [3.05, 3.63) is 16.1 Å². The van der Waals surface area contributed by atoms with Crippen molar-refractivity contribution in [3.63, 3.8) is 0 Å². The van der Waals surface area contributed by atoms with Crippen LogP contribution in [0.1, 0.15) is 10.7 Å². The lowest BCUT2D eigenvalue weighted by molar-refractivity contribution is 0.401. The van der Waals surface area contributed by atoms with Gasteiger partial charge in [0.05, 0.1) is 7.11 Å². The van der Waals surface area contributed by atoms with Gasteiger partial charge in [-0.15, -0.1) is 11.3 Å². The average molecular weight is 156 g/mol. The second kappa shape index (κ2) is 2.79. The Hall–Kier alpha value is -0.900. The zero-order valence-corrected chi connectivity index (χ0v) is 6.66. The van der Waals surface area contributed by atoms with E-state index in [1.807, 2.05) is 12.3 Å². The Morgan fingerprint density at radius 3 is 2.90 bits per heavy atom. The third-order valence-electron chi connectivity index (χ3n) is 1.02. The summed E-state index contributed by atoms with van der Waals surface area (Å²) in [6.45, 7) is 1.89. The smallest absolute Gasteiger partial charge is 0.242 e. The van der Waals surface area contributed by atoms with Gasteiger partial charge in [0.1, 0.15) is 0 Å². The van der Waals surface area contributed by atoms with Gasteiger partial charge in [0.2, 0.25) is 5.90 Å².